The lowest BCUT2D eigenvalue weighted by Gasteiger charge is -2.22. The number of hydrogen-bond donors (Lipinski definition) is 2. The zero-order valence-electron chi connectivity index (χ0n) is 12.2. The Morgan fingerprint density at radius 3 is 2.32 bits per heavy atom. The highest BCUT2D eigenvalue weighted by atomic mass is 19.4. The lowest BCUT2D eigenvalue weighted by Crippen LogP contribution is -2.41. The number of carbonyl (C=O) groups excluding carboxylic acids is 1. The molecule has 0 aliphatic heterocycles. The van der Waals surface area contributed by atoms with Crippen molar-refractivity contribution in [2.45, 2.75) is 26.1 Å². The Balaban J connectivity index is 3.24. The van der Waals surface area contributed by atoms with E-state index < -0.39 is 34.3 Å². The standard InChI is InChI=1S/C13H16F3N3O3/c1-7(2)11(12(20)17-3)18-9-5-4-8(13(14,15)16)6-10(9)19(21)22/h4-7,11,18H,1-3H3,(H,17,20). The third-order valence-electron chi connectivity index (χ3n) is 3.03. The van der Waals surface area contributed by atoms with Gasteiger partial charge in [-0.15, -0.1) is 0 Å². The minimum Gasteiger partial charge on any atom is -0.368 e. The Bertz CT molecular complexity index is 573. The van der Waals surface area contributed by atoms with Crippen molar-refractivity contribution < 1.29 is 22.9 Å². The summed E-state index contributed by atoms with van der Waals surface area (Å²) in [4.78, 5) is 21.8. The molecule has 0 aliphatic rings. The molecule has 1 unspecified atom stereocenters. The van der Waals surface area contributed by atoms with Crippen molar-refractivity contribution in [2.24, 2.45) is 5.92 Å². The van der Waals surface area contributed by atoms with Crippen LogP contribution in [0.2, 0.25) is 0 Å². The largest absolute Gasteiger partial charge is 0.416 e. The van der Waals surface area contributed by atoms with E-state index in [0.29, 0.717) is 6.07 Å². The molecule has 0 aliphatic carbocycles. The number of nitrogens with zero attached hydrogens (tertiary/aromatic N) is 1. The number of nitro groups is 1. The van der Waals surface area contributed by atoms with Crippen molar-refractivity contribution in [1.29, 1.82) is 0 Å². The van der Waals surface area contributed by atoms with Gasteiger partial charge in [0, 0.05) is 13.1 Å². The molecule has 0 bridgehead atoms. The summed E-state index contributed by atoms with van der Waals surface area (Å²) in [7, 11) is 1.40. The molecule has 122 valence electrons. The van der Waals surface area contributed by atoms with Crippen molar-refractivity contribution in [3.63, 3.8) is 0 Å². The van der Waals surface area contributed by atoms with Crippen LogP contribution in [0.15, 0.2) is 18.2 Å². The van der Waals surface area contributed by atoms with Crippen LogP contribution in [-0.4, -0.2) is 23.9 Å². The van der Waals surface area contributed by atoms with Crippen LogP contribution < -0.4 is 10.6 Å². The van der Waals surface area contributed by atoms with E-state index in [-0.39, 0.29) is 11.6 Å². The van der Waals surface area contributed by atoms with Gasteiger partial charge in [-0.1, -0.05) is 13.8 Å². The first-order valence-corrected chi connectivity index (χ1v) is 6.41. The van der Waals surface area contributed by atoms with Gasteiger partial charge in [0.1, 0.15) is 11.7 Å². The zero-order chi connectivity index (χ0) is 17.1. The maximum absolute atomic E-state index is 12.6. The first-order chi connectivity index (χ1) is 10.1. The highest BCUT2D eigenvalue weighted by Gasteiger charge is 2.33. The van der Waals surface area contributed by atoms with Crippen molar-refractivity contribution in [2.75, 3.05) is 12.4 Å². The number of hydrogen-bond acceptors (Lipinski definition) is 4. The quantitative estimate of drug-likeness (QED) is 0.645. The van der Waals surface area contributed by atoms with E-state index in [9.17, 15) is 28.1 Å². The van der Waals surface area contributed by atoms with Crippen molar-refractivity contribution in [3.05, 3.63) is 33.9 Å². The minimum absolute atomic E-state index is 0.139. The zero-order valence-corrected chi connectivity index (χ0v) is 12.2. The fourth-order valence-corrected chi connectivity index (χ4v) is 1.84. The van der Waals surface area contributed by atoms with Gasteiger partial charge in [0.25, 0.3) is 5.69 Å². The number of amides is 1. The second-order valence-corrected chi connectivity index (χ2v) is 4.97. The number of carbonyl (C=O) groups is 1. The van der Waals surface area contributed by atoms with E-state index in [0.717, 1.165) is 12.1 Å². The third-order valence-corrected chi connectivity index (χ3v) is 3.03. The Hall–Kier alpha value is -2.32. The number of halogens is 3. The molecule has 1 aromatic rings. The normalized spacial score (nSPS) is 12.9. The number of alkyl halides is 3. The van der Waals surface area contributed by atoms with Crippen molar-refractivity contribution in [3.8, 4) is 0 Å². The molecule has 2 N–H and O–H groups in total. The van der Waals surface area contributed by atoms with E-state index in [4.69, 9.17) is 0 Å². The Morgan fingerprint density at radius 1 is 1.32 bits per heavy atom. The molecular formula is C13H16F3N3O3. The number of nitrogens with one attached hydrogen (secondary N) is 2. The molecule has 1 atom stereocenters. The molecule has 0 saturated carbocycles. The maximum atomic E-state index is 12.6. The summed E-state index contributed by atoms with van der Waals surface area (Å²) < 4.78 is 37.9. The Kier molecular flexibility index (Phi) is 5.34. The summed E-state index contributed by atoms with van der Waals surface area (Å²) >= 11 is 0. The van der Waals surface area contributed by atoms with Gasteiger partial charge in [0.15, 0.2) is 0 Å². The molecule has 0 fully saturated rings. The number of rotatable bonds is 5. The van der Waals surface area contributed by atoms with Gasteiger partial charge >= 0.3 is 6.18 Å². The van der Waals surface area contributed by atoms with E-state index in [1.807, 2.05) is 0 Å². The topological polar surface area (TPSA) is 84.3 Å². The van der Waals surface area contributed by atoms with Crippen LogP contribution in [0.5, 0.6) is 0 Å². The van der Waals surface area contributed by atoms with Crippen molar-refractivity contribution >= 4 is 17.3 Å². The third kappa shape index (κ3) is 4.09. The Labute approximate surface area is 124 Å². The summed E-state index contributed by atoms with van der Waals surface area (Å²) in [5.74, 6) is -0.633. The molecule has 9 heteroatoms. The molecule has 0 saturated heterocycles. The van der Waals surface area contributed by atoms with E-state index >= 15 is 0 Å². The Morgan fingerprint density at radius 2 is 1.91 bits per heavy atom. The number of likely N-dealkylation sites (N-methyl/N-ethyl adjacent to an activating group) is 1. The van der Waals surface area contributed by atoms with Crippen LogP contribution in [0.4, 0.5) is 24.5 Å². The molecular weight excluding hydrogens is 303 g/mol. The minimum atomic E-state index is -4.68. The van der Waals surface area contributed by atoms with Gasteiger partial charge < -0.3 is 10.6 Å². The molecule has 0 heterocycles. The lowest BCUT2D eigenvalue weighted by molar-refractivity contribution is -0.384. The summed E-state index contributed by atoms with van der Waals surface area (Å²) in [5, 5.41) is 16.0. The molecule has 6 nitrogen and oxygen atoms in total. The van der Waals surface area contributed by atoms with Gasteiger partial charge in [-0.05, 0) is 18.1 Å². The van der Waals surface area contributed by atoms with Crippen LogP contribution in [0.25, 0.3) is 0 Å². The molecule has 0 spiro atoms. The smallest absolute Gasteiger partial charge is 0.368 e. The fraction of sp³-hybridized carbons (Fsp3) is 0.462. The van der Waals surface area contributed by atoms with Crippen LogP contribution in [0, 0.1) is 16.0 Å². The summed E-state index contributed by atoms with van der Waals surface area (Å²) in [6.45, 7) is 3.42. The molecule has 22 heavy (non-hydrogen) atoms. The van der Waals surface area contributed by atoms with Crippen LogP contribution in [0.3, 0.4) is 0 Å². The predicted molar refractivity (Wildman–Crippen MR) is 74.4 cm³/mol. The van der Waals surface area contributed by atoms with Crippen molar-refractivity contribution in [1.82, 2.24) is 5.32 Å². The summed E-state index contributed by atoms with van der Waals surface area (Å²) in [6.07, 6.45) is -4.68. The fourth-order valence-electron chi connectivity index (χ4n) is 1.84. The van der Waals surface area contributed by atoms with Gasteiger partial charge in [0.05, 0.1) is 10.5 Å². The molecule has 0 radical (unpaired) electrons. The SMILES string of the molecule is CNC(=O)C(Nc1ccc(C(F)(F)F)cc1[N+](=O)[O-])C(C)C. The predicted octanol–water partition coefficient (Wildman–Crippen LogP) is 2.80. The van der Waals surface area contributed by atoms with Gasteiger partial charge in [-0.3, -0.25) is 14.9 Å². The molecule has 1 aromatic carbocycles. The van der Waals surface area contributed by atoms with E-state index in [1.54, 1.807) is 13.8 Å². The second kappa shape index (κ2) is 6.63. The average molecular weight is 319 g/mol. The first kappa shape index (κ1) is 17.7. The van der Waals surface area contributed by atoms with Gasteiger partial charge in [0.2, 0.25) is 5.91 Å². The van der Waals surface area contributed by atoms with Crippen LogP contribution in [-0.2, 0) is 11.0 Å². The van der Waals surface area contributed by atoms with Gasteiger partial charge in [-0.25, -0.2) is 0 Å². The molecule has 1 rings (SSSR count). The van der Waals surface area contributed by atoms with E-state index in [2.05, 4.69) is 10.6 Å². The first-order valence-electron chi connectivity index (χ1n) is 6.41. The van der Waals surface area contributed by atoms with Gasteiger partial charge in [-0.2, -0.15) is 13.2 Å². The molecule has 0 aromatic heterocycles. The summed E-state index contributed by atoms with van der Waals surface area (Å²) in [5.41, 5.74) is -1.99. The molecule has 1 amide bonds. The van der Waals surface area contributed by atoms with Crippen LogP contribution in [0.1, 0.15) is 19.4 Å². The highest BCUT2D eigenvalue weighted by molar-refractivity contribution is 5.85. The summed E-state index contributed by atoms with van der Waals surface area (Å²) in [6, 6.07) is 1.33. The number of anilines is 1. The number of nitro benzene ring substituents is 1. The van der Waals surface area contributed by atoms with E-state index in [1.165, 1.54) is 7.05 Å². The maximum Gasteiger partial charge on any atom is 0.416 e. The average Bonchev–Trinajstić information content (AvgIpc) is 2.42. The lowest BCUT2D eigenvalue weighted by atomic mass is 10.0. The monoisotopic (exact) mass is 319 g/mol. The number of benzene rings is 1. The second-order valence-electron chi connectivity index (χ2n) is 4.97. The van der Waals surface area contributed by atoms with Crippen LogP contribution >= 0.6 is 0 Å². The highest BCUT2D eigenvalue weighted by Crippen LogP contribution is 2.35.